The minimum atomic E-state index is -0.857. The van der Waals surface area contributed by atoms with E-state index in [1.807, 2.05) is 35.9 Å². The van der Waals surface area contributed by atoms with Crippen LogP contribution < -0.4 is 11.1 Å². The fraction of sp³-hybridized carbons (Fsp3) is 0.308. The molecular formula is C13H15N3O2. The summed E-state index contributed by atoms with van der Waals surface area (Å²) in [6.45, 7) is 0. The van der Waals surface area contributed by atoms with Gasteiger partial charge in [0.15, 0.2) is 0 Å². The van der Waals surface area contributed by atoms with Crippen LogP contribution >= 0.6 is 0 Å². The zero-order valence-electron chi connectivity index (χ0n) is 10.1. The van der Waals surface area contributed by atoms with Crippen LogP contribution in [0.25, 0.3) is 10.9 Å². The molecule has 2 atom stereocenters. The van der Waals surface area contributed by atoms with Gasteiger partial charge in [-0.05, 0) is 11.6 Å². The predicted octanol–water partition coefficient (Wildman–Crippen LogP) is 0.734. The first kappa shape index (κ1) is 11.3. The summed E-state index contributed by atoms with van der Waals surface area (Å²) in [5.74, 6) is -0.857. The average molecular weight is 245 g/mol. The number of aliphatic carboxylic acids is 1. The molecular weight excluding hydrogens is 230 g/mol. The van der Waals surface area contributed by atoms with Gasteiger partial charge in [0, 0.05) is 24.4 Å². The Morgan fingerprint density at radius 3 is 2.94 bits per heavy atom. The molecule has 0 spiro atoms. The number of aromatic nitrogens is 1. The smallest absolute Gasteiger partial charge is 0.321 e. The molecule has 0 aliphatic carbocycles. The van der Waals surface area contributed by atoms with Gasteiger partial charge in [-0.1, -0.05) is 18.2 Å². The summed E-state index contributed by atoms with van der Waals surface area (Å²) >= 11 is 0. The zero-order chi connectivity index (χ0) is 12.9. The van der Waals surface area contributed by atoms with Gasteiger partial charge in [-0.3, -0.25) is 10.1 Å². The Morgan fingerprint density at radius 2 is 2.22 bits per heavy atom. The van der Waals surface area contributed by atoms with E-state index in [9.17, 15) is 4.79 Å². The summed E-state index contributed by atoms with van der Waals surface area (Å²) < 4.78 is 2.04. The number of aryl methyl sites for hydroxylation is 1. The molecule has 2 heterocycles. The van der Waals surface area contributed by atoms with Crippen molar-refractivity contribution in [2.45, 2.75) is 18.6 Å². The van der Waals surface area contributed by atoms with Crippen molar-refractivity contribution in [3.63, 3.8) is 0 Å². The van der Waals surface area contributed by atoms with Crippen molar-refractivity contribution < 1.29 is 9.90 Å². The van der Waals surface area contributed by atoms with E-state index < -0.39 is 18.2 Å². The molecule has 0 saturated heterocycles. The molecule has 1 aliphatic heterocycles. The zero-order valence-corrected chi connectivity index (χ0v) is 10.1. The van der Waals surface area contributed by atoms with Crippen molar-refractivity contribution in [1.82, 2.24) is 9.88 Å². The number of nitrogens with one attached hydrogen (secondary N) is 1. The van der Waals surface area contributed by atoms with Gasteiger partial charge < -0.3 is 15.4 Å². The van der Waals surface area contributed by atoms with Gasteiger partial charge in [0.1, 0.15) is 6.04 Å². The molecule has 94 valence electrons. The van der Waals surface area contributed by atoms with Crippen molar-refractivity contribution in [3.8, 4) is 0 Å². The standard InChI is InChI=1S/C13H15N3O2/c1-16-10-5-3-2-4-7(10)8-6-9(13(17)18)15-12(14)11(8)16/h2-5,9,12,15H,6,14H2,1H3,(H,17,18). The van der Waals surface area contributed by atoms with E-state index >= 15 is 0 Å². The van der Waals surface area contributed by atoms with Gasteiger partial charge >= 0.3 is 5.97 Å². The Kier molecular flexibility index (Phi) is 2.39. The molecule has 2 aromatic rings. The number of hydrogen-bond acceptors (Lipinski definition) is 3. The Hall–Kier alpha value is -1.85. The maximum Gasteiger partial charge on any atom is 0.321 e. The lowest BCUT2D eigenvalue weighted by Crippen LogP contribution is -2.48. The van der Waals surface area contributed by atoms with Crippen LogP contribution in [0.1, 0.15) is 17.4 Å². The largest absolute Gasteiger partial charge is 0.480 e. The van der Waals surface area contributed by atoms with Crippen molar-refractivity contribution in [1.29, 1.82) is 0 Å². The summed E-state index contributed by atoms with van der Waals surface area (Å²) in [5.41, 5.74) is 9.16. The van der Waals surface area contributed by atoms with E-state index in [1.165, 1.54) is 0 Å². The minimum absolute atomic E-state index is 0.438. The summed E-state index contributed by atoms with van der Waals surface area (Å²) in [5, 5.41) is 13.2. The fourth-order valence-electron chi connectivity index (χ4n) is 2.82. The quantitative estimate of drug-likeness (QED) is 0.692. The molecule has 0 amide bonds. The van der Waals surface area contributed by atoms with E-state index in [1.54, 1.807) is 0 Å². The van der Waals surface area contributed by atoms with Crippen LogP contribution in [-0.4, -0.2) is 21.7 Å². The third kappa shape index (κ3) is 1.45. The van der Waals surface area contributed by atoms with Crippen molar-refractivity contribution >= 4 is 16.9 Å². The number of fused-ring (bicyclic) bond motifs is 3. The van der Waals surface area contributed by atoms with Crippen LogP contribution in [0.4, 0.5) is 0 Å². The third-order valence-electron chi connectivity index (χ3n) is 3.64. The van der Waals surface area contributed by atoms with E-state index in [-0.39, 0.29) is 0 Å². The van der Waals surface area contributed by atoms with Gasteiger partial charge in [0.2, 0.25) is 0 Å². The van der Waals surface area contributed by atoms with Crippen molar-refractivity contribution in [3.05, 3.63) is 35.5 Å². The number of hydrogen-bond donors (Lipinski definition) is 3. The van der Waals surface area contributed by atoms with Gasteiger partial charge in [-0.15, -0.1) is 0 Å². The Bertz CT molecular complexity index is 632. The van der Waals surface area contributed by atoms with Crippen LogP contribution in [-0.2, 0) is 18.3 Å². The van der Waals surface area contributed by atoms with Gasteiger partial charge in [-0.2, -0.15) is 0 Å². The number of carboxylic acids is 1. The van der Waals surface area contributed by atoms with Crippen LogP contribution in [0.5, 0.6) is 0 Å². The normalized spacial score (nSPS) is 23.0. The van der Waals surface area contributed by atoms with Gasteiger partial charge in [0.25, 0.3) is 0 Å². The molecule has 0 radical (unpaired) electrons. The number of nitrogens with zero attached hydrogens (tertiary/aromatic N) is 1. The highest BCUT2D eigenvalue weighted by Gasteiger charge is 2.32. The van der Waals surface area contributed by atoms with E-state index in [2.05, 4.69) is 5.32 Å². The summed E-state index contributed by atoms with van der Waals surface area (Å²) in [6.07, 6.45) is 0.0342. The summed E-state index contributed by atoms with van der Waals surface area (Å²) in [4.78, 5) is 11.1. The van der Waals surface area contributed by atoms with Crippen LogP contribution in [0, 0.1) is 0 Å². The number of nitrogens with two attached hydrogens (primary N) is 1. The number of rotatable bonds is 1. The minimum Gasteiger partial charge on any atom is -0.480 e. The highest BCUT2D eigenvalue weighted by atomic mass is 16.4. The third-order valence-corrected chi connectivity index (χ3v) is 3.64. The fourth-order valence-corrected chi connectivity index (χ4v) is 2.82. The Morgan fingerprint density at radius 1 is 1.50 bits per heavy atom. The van der Waals surface area contributed by atoms with E-state index in [0.29, 0.717) is 6.42 Å². The second kappa shape index (κ2) is 3.83. The molecule has 5 heteroatoms. The van der Waals surface area contributed by atoms with E-state index in [0.717, 1.165) is 22.2 Å². The molecule has 2 unspecified atom stereocenters. The molecule has 0 bridgehead atoms. The first-order valence-electron chi connectivity index (χ1n) is 5.90. The summed E-state index contributed by atoms with van der Waals surface area (Å²) in [6, 6.07) is 7.37. The number of carboxylic acid groups (broad SMARTS) is 1. The van der Waals surface area contributed by atoms with Crippen LogP contribution in [0.2, 0.25) is 0 Å². The molecule has 1 aromatic heterocycles. The predicted molar refractivity (Wildman–Crippen MR) is 68.1 cm³/mol. The molecule has 1 aliphatic rings. The molecule has 1 aromatic carbocycles. The highest BCUT2D eigenvalue weighted by Crippen LogP contribution is 2.32. The lowest BCUT2D eigenvalue weighted by Gasteiger charge is -2.27. The maximum atomic E-state index is 11.1. The van der Waals surface area contributed by atoms with Gasteiger partial charge in [-0.25, -0.2) is 0 Å². The topological polar surface area (TPSA) is 80.3 Å². The van der Waals surface area contributed by atoms with Crippen molar-refractivity contribution in [2.24, 2.45) is 12.8 Å². The Balaban J connectivity index is 2.24. The number of carbonyl (C=O) groups is 1. The van der Waals surface area contributed by atoms with E-state index in [4.69, 9.17) is 10.8 Å². The summed E-state index contributed by atoms with van der Waals surface area (Å²) in [7, 11) is 1.96. The molecule has 0 saturated carbocycles. The lowest BCUT2D eigenvalue weighted by atomic mass is 9.97. The first-order chi connectivity index (χ1) is 8.59. The second-order valence-electron chi connectivity index (χ2n) is 4.68. The van der Waals surface area contributed by atoms with Crippen molar-refractivity contribution in [2.75, 3.05) is 0 Å². The lowest BCUT2D eigenvalue weighted by molar-refractivity contribution is -0.139. The number of para-hydroxylation sites is 1. The molecule has 18 heavy (non-hydrogen) atoms. The maximum absolute atomic E-state index is 11.1. The molecule has 5 nitrogen and oxygen atoms in total. The monoisotopic (exact) mass is 245 g/mol. The molecule has 0 fully saturated rings. The molecule has 3 rings (SSSR count). The van der Waals surface area contributed by atoms with Crippen LogP contribution in [0.15, 0.2) is 24.3 Å². The van der Waals surface area contributed by atoms with Gasteiger partial charge in [0.05, 0.1) is 11.9 Å². The second-order valence-corrected chi connectivity index (χ2v) is 4.68. The average Bonchev–Trinajstić information content (AvgIpc) is 2.64. The first-order valence-corrected chi connectivity index (χ1v) is 5.90. The highest BCUT2D eigenvalue weighted by molar-refractivity contribution is 5.87. The van der Waals surface area contributed by atoms with Crippen LogP contribution in [0.3, 0.4) is 0 Å². The Labute approximate surface area is 104 Å². The SMILES string of the molecule is Cn1c2c(c3ccccc31)CC(C(=O)O)NC2N. The molecule has 4 N–H and O–H groups in total. The number of benzene rings is 1.